The van der Waals surface area contributed by atoms with Gasteiger partial charge in [0.15, 0.2) is 11.6 Å². The smallest absolute Gasteiger partial charge is 0.316 e. The first-order valence-electron chi connectivity index (χ1n) is 22.6. The van der Waals surface area contributed by atoms with Gasteiger partial charge in [-0.1, -0.05) is 41.5 Å². The highest BCUT2D eigenvalue weighted by Gasteiger charge is 2.65. The van der Waals surface area contributed by atoms with Crippen LogP contribution >= 0.6 is 0 Å². The summed E-state index contributed by atoms with van der Waals surface area (Å²) in [5.41, 5.74) is -1.12. The van der Waals surface area contributed by atoms with E-state index in [0.29, 0.717) is 17.9 Å². The molecule has 7 rings (SSSR count). The van der Waals surface area contributed by atoms with Crippen LogP contribution in [0.4, 0.5) is 0 Å². The second kappa shape index (κ2) is 17.4. The van der Waals surface area contributed by atoms with Gasteiger partial charge in [0.25, 0.3) is 0 Å². The highest BCUT2D eigenvalue weighted by Crippen LogP contribution is 2.57. The summed E-state index contributed by atoms with van der Waals surface area (Å²) in [5, 5.41) is 21.1. The predicted octanol–water partition coefficient (Wildman–Crippen LogP) is 7.24. The molecule has 0 radical (unpaired) electrons. The molecular weight excluding hydrogens is 757 g/mol. The lowest BCUT2D eigenvalue weighted by atomic mass is 9.78. The Balaban J connectivity index is 0.997. The van der Waals surface area contributed by atoms with Crippen LogP contribution < -0.4 is 9.47 Å². The average molecular weight is 831 g/mol. The molecule has 59 heavy (non-hydrogen) atoms. The second-order valence-electron chi connectivity index (χ2n) is 20.1. The summed E-state index contributed by atoms with van der Waals surface area (Å²) in [7, 11) is 3.39. The van der Waals surface area contributed by atoms with Crippen molar-refractivity contribution in [1.82, 2.24) is 0 Å². The molecule has 0 amide bonds. The van der Waals surface area contributed by atoms with Gasteiger partial charge < -0.3 is 52.8 Å². The van der Waals surface area contributed by atoms with E-state index < -0.39 is 35.3 Å². The standard InChI is InChI=1S/C47H74O12/c1-26-12-13-35(53-40(26)31(6)43(49)54-34-16-14-33(51-10)15-17-34)22-36-23-37(52-11)32(7)47(56-36)30(5)24-45(9,59-47)39-18-19-44(8,57-39)42-28(3)21-38(55-42)41-27(2)20-29(4)46(50,25-48)58-41/h14-17,26-32,35-42,48,50H,12-13,18-25H2,1-11H3/t26-,27-,28-,29+,30+,31+,32?,35+,36+,37?,38?,39?,40?,41?,42?,44-,45-,46-,47+/m0/s1. The molecule has 0 aromatic heterocycles. The lowest BCUT2D eigenvalue weighted by molar-refractivity contribution is -0.353. The average Bonchev–Trinajstić information content (AvgIpc) is 3.89. The van der Waals surface area contributed by atoms with E-state index in [4.69, 9.17) is 42.6 Å². The number of carbonyl (C=O) groups is 1. The highest BCUT2D eigenvalue weighted by molar-refractivity contribution is 5.75. The normalized spacial score (nSPS) is 48.3. The summed E-state index contributed by atoms with van der Waals surface area (Å²) >= 11 is 0. The highest BCUT2D eigenvalue weighted by atomic mass is 16.7. The second-order valence-corrected chi connectivity index (χ2v) is 20.1. The monoisotopic (exact) mass is 831 g/mol. The molecule has 6 aliphatic rings. The molecule has 2 N–H and O–H groups in total. The van der Waals surface area contributed by atoms with E-state index in [0.717, 1.165) is 51.4 Å². The van der Waals surface area contributed by atoms with Crippen LogP contribution in [0, 0.1) is 41.4 Å². The van der Waals surface area contributed by atoms with E-state index in [1.165, 1.54) is 0 Å². The Bertz CT molecular complexity index is 1590. The van der Waals surface area contributed by atoms with Gasteiger partial charge in [-0.05, 0) is 108 Å². The molecular formula is C47H74O12. The van der Waals surface area contributed by atoms with Crippen LogP contribution in [-0.2, 0) is 38.0 Å². The van der Waals surface area contributed by atoms with Crippen molar-refractivity contribution < 1.29 is 57.6 Å². The van der Waals surface area contributed by atoms with Crippen molar-refractivity contribution in [2.75, 3.05) is 20.8 Å². The summed E-state index contributed by atoms with van der Waals surface area (Å²) in [6.45, 7) is 18.7. The zero-order valence-electron chi connectivity index (χ0n) is 37.5. The Morgan fingerprint density at radius 2 is 1.54 bits per heavy atom. The summed E-state index contributed by atoms with van der Waals surface area (Å²) < 4.78 is 58.7. The van der Waals surface area contributed by atoms with E-state index in [2.05, 4.69) is 48.5 Å². The van der Waals surface area contributed by atoms with Gasteiger partial charge in [0, 0.05) is 37.7 Å². The first-order valence-corrected chi connectivity index (χ1v) is 22.6. The molecule has 0 saturated carbocycles. The fourth-order valence-corrected chi connectivity index (χ4v) is 12.1. The Morgan fingerprint density at radius 3 is 2.22 bits per heavy atom. The maximum Gasteiger partial charge on any atom is 0.316 e. The van der Waals surface area contributed by atoms with Crippen LogP contribution in [-0.4, -0.2) is 109 Å². The number of hydrogen-bond donors (Lipinski definition) is 2. The van der Waals surface area contributed by atoms with Gasteiger partial charge in [-0.15, -0.1) is 0 Å². The van der Waals surface area contributed by atoms with Gasteiger partial charge in [0.1, 0.15) is 11.5 Å². The Hall–Kier alpha value is -1.87. The molecule has 6 heterocycles. The number of carbonyl (C=O) groups excluding carboxylic acids is 1. The fraction of sp³-hybridized carbons (Fsp3) is 0.851. The molecule has 19 atom stereocenters. The predicted molar refractivity (Wildman–Crippen MR) is 220 cm³/mol. The fourth-order valence-electron chi connectivity index (χ4n) is 12.1. The van der Waals surface area contributed by atoms with Crippen molar-refractivity contribution in [2.24, 2.45) is 41.4 Å². The molecule has 12 heteroatoms. The van der Waals surface area contributed by atoms with E-state index >= 15 is 0 Å². The van der Waals surface area contributed by atoms with Crippen LogP contribution in [0.15, 0.2) is 24.3 Å². The number of hydrogen-bond acceptors (Lipinski definition) is 12. The van der Waals surface area contributed by atoms with Crippen LogP contribution in [0.3, 0.4) is 0 Å². The van der Waals surface area contributed by atoms with Crippen molar-refractivity contribution in [2.45, 2.75) is 192 Å². The van der Waals surface area contributed by atoms with Gasteiger partial charge in [0.2, 0.25) is 0 Å². The van der Waals surface area contributed by atoms with Crippen LogP contribution in [0.2, 0.25) is 0 Å². The molecule has 1 aromatic carbocycles. The SMILES string of the molecule is COc1ccc(OC(=O)[C@H](C)C2O[C@@H](C[C@@H]3CC(OC)C(C)[C@]4(O3)O[C@](C)(C3CC[C@@](C)(C5OC(C6O[C@@](O)(CO)[C@H](C)C[C@@H]6C)C[C@@H]5C)O3)C[C@H]4C)CC[C@@H]2C)cc1. The number of aliphatic hydroxyl groups is 2. The molecule has 1 aromatic rings. The minimum Gasteiger partial charge on any atom is -0.497 e. The summed E-state index contributed by atoms with van der Waals surface area (Å²) in [4.78, 5) is 13.3. The third kappa shape index (κ3) is 8.62. The van der Waals surface area contributed by atoms with Crippen molar-refractivity contribution in [3.05, 3.63) is 24.3 Å². The van der Waals surface area contributed by atoms with E-state index in [9.17, 15) is 15.0 Å². The molecule has 6 fully saturated rings. The Morgan fingerprint density at radius 1 is 0.831 bits per heavy atom. The number of benzene rings is 1. The molecule has 0 bridgehead atoms. The summed E-state index contributed by atoms with van der Waals surface area (Å²) in [6.07, 6.45) is 5.87. The van der Waals surface area contributed by atoms with Crippen molar-refractivity contribution in [3.8, 4) is 11.5 Å². The van der Waals surface area contributed by atoms with E-state index in [-0.39, 0.29) is 90.3 Å². The summed E-state index contributed by atoms with van der Waals surface area (Å²) in [5.74, 6) is -1.48. The largest absolute Gasteiger partial charge is 0.497 e. The molecule has 334 valence electrons. The third-order valence-corrected chi connectivity index (χ3v) is 15.7. The number of esters is 1. The molecule has 1 spiro atoms. The number of methoxy groups -OCH3 is 2. The zero-order valence-corrected chi connectivity index (χ0v) is 37.5. The minimum absolute atomic E-state index is 0.0159. The first kappa shape index (κ1) is 45.2. The van der Waals surface area contributed by atoms with Gasteiger partial charge in [-0.25, -0.2) is 0 Å². The van der Waals surface area contributed by atoms with E-state index in [1.54, 1.807) is 38.5 Å². The lowest BCUT2D eigenvalue weighted by Crippen LogP contribution is -2.58. The minimum atomic E-state index is -1.56. The Labute approximate surface area is 352 Å². The number of ether oxygens (including phenoxy) is 9. The third-order valence-electron chi connectivity index (χ3n) is 15.7. The van der Waals surface area contributed by atoms with E-state index in [1.807, 2.05) is 13.8 Å². The molecule has 6 aliphatic heterocycles. The first-order chi connectivity index (χ1) is 27.9. The summed E-state index contributed by atoms with van der Waals surface area (Å²) in [6, 6.07) is 7.04. The van der Waals surface area contributed by atoms with Crippen molar-refractivity contribution in [1.29, 1.82) is 0 Å². The topological polar surface area (TPSA) is 141 Å². The maximum atomic E-state index is 13.3. The van der Waals surface area contributed by atoms with Crippen molar-refractivity contribution in [3.63, 3.8) is 0 Å². The quantitative estimate of drug-likeness (QED) is 0.172. The maximum absolute atomic E-state index is 13.3. The Kier molecular flexibility index (Phi) is 13.3. The lowest BCUT2D eigenvalue weighted by Gasteiger charge is -2.50. The van der Waals surface area contributed by atoms with Crippen LogP contribution in [0.25, 0.3) is 0 Å². The zero-order chi connectivity index (χ0) is 42.7. The van der Waals surface area contributed by atoms with Gasteiger partial charge >= 0.3 is 5.97 Å². The van der Waals surface area contributed by atoms with Crippen LogP contribution in [0.5, 0.6) is 11.5 Å². The van der Waals surface area contributed by atoms with Gasteiger partial charge in [0.05, 0.1) is 79.7 Å². The molecule has 7 unspecified atom stereocenters. The molecule has 12 nitrogen and oxygen atoms in total. The van der Waals surface area contributed by atoms with Gasteiger partial charge in [-0.2, -0.15) is 0 Å². The molecule has 0 aliphatic carbocycles. The van der Waals surface area contributed by atoms with Crippen LogP contribution in [0.1, 0.15) is 120 Å². The number of rotatable bonds is 11. The molecule has 6 saturated heterocycles. The van der Waals surface area contributed by atoms with Gasteiger partial charge in [-0.3, -0.25) is 4.79 Å². The number of aliphatic hydroxyl groups excluding tert-OH is 1. The van der Waals surface area contributed by atoms with Crippen molar-refractivity contribution >= 4 is 5.97 Å².